The zero-order chi connectivity index (χ0) is 23.4. The zero-order valence-corrected chi connectivity index (χ0v) is 19.8. The smallest absolute Gasteiger partial charge is 0.163 e. The molecule has 2 aliphatic rings. The molecule has 0 unspecified atom stereocenters. The third-order valence-electron chi connectivity index (χ3n) is 6.69. The van der Waals surface area contributed by atoms with Gasteiger partial charge in [-0.05, 0) is 69.9 Å². The largest absolute Gasteiger partial charge is 0.370 e. The number of benzene rings is 1. The molecule has 2 fully saturated rings. The molecule has 4 aromatic rings. The standard InChI is InChI=1S/C26H25ClFN5O/c1-14-3-7-21-24(20-8-4-18(27)11-22(20)28)31-25(32-26(21)30-14)16-9-15(2)34-23(10-16)17-12-29-33(13-17)19-5-6-19/h3-4,7-8,11-13,15-16,19,23H,5-6,9-10H2,1-2H3/t15-,16-,23+/m1/s1. The third kappa shape index (κ3) is 4.07. The van der Waals surface area contributed by atoms with Gasteiger partial charge in [-0.25, -0.2) is 19.3 Å². The second kappa shape index (κ2) is 8.40. The minimum absolute atomic E-state index is 0.0357. The van der Waals surface area contributed by atoms with Crippen LogP contribution in [0.4, 0.5) is 4.39 Å². The van der Waals surface area contributed by atoms with E-state index in [1.54, 1.807) is 12.1 Å². The quantitative estimate of drug-likeness (QED) is 0.342. The van der Waals surface area contributed by atoms with Crippen LogP contribution in [0, 0.1) is 12.7 Å². The van der Waals surface area contributed by atoms with Crippen molar-refractivity contribution < 1.29 is 9.13 Å². The maximum Gasteiger partial charge on any atom is 0.163 e. The average molecular weight is 478 g/mol. The average Bonchev–Trinajstić information content (AvgIpc) is 3.54. The highest BCUT2D eigenvalue weighted by molar-refractivity contribution is 6.30. The molecular weight excluding hydrogens is 453 g/mol. The van der Waals surface area contributed by atoms with Crippen LogP contribution in [0.5, 0.6) is 0 Å². The van der Waals surface area contributed by atoms with E-state index in [0.717, 1.165) is 29.5 Å². The molecule has 1 aromatic carbocycles. The molecule has 3 aromatic heterocycles. The Bertz CT molecular complexity index is 1390. The lowest BCUT2D eigenvalue weighted by Gasteiger charge is -2.33. The van der Waals surface area contributed by atoms with E-state index in [0.29, 0.717) is 33.8 Å². The van der Waals surface area contributed by atoms with Gasteiger partial charge in [-0.2, -0.15) is 5.10 Å². The molecule has 8 heteroatoms. The van der Waals surface area contributed by atoms with Gasteiger partial charge in [-0.15, -0.1) is 0 Å². The maximum atomic E-state index is 14.9. The van der Waals surface area contributed by atoms with Crippen molar-refractivity contribution in [3.63, 3.8) is 0 Å². The van der Waals surface area contributed by atoms with Crippen molar-refractivity contribution in [2.45, 2.75) is 63.7 Å². The van der Waals surface area contributed by atoms with Crippen molar-refractivity contribution in [1.29, 1.82) is 0 Å². The molecule has 34 heavy (non-hydrogen) atoms. The van der Waals surface area contributed by atoms with E-state index in [4.69, 9.17) is 26.3 Å². The van der Waals surface area contributed by atoms with E-state index < -0.39 is 5.82 Å². The fourth-order valence-corrected chi connectivity index (χ4v) is 4.98. The van der Waals surface area contributed by atoms with E-state index in [9.17, 15) is 4.39 Å². The van der Waals surface area contributed by atoms with Crippen LogP contribution in [0.2, 0.25) is 5.02 Å². The summed E-state index contributed by atoms with van der Waals surface area (Å²) in [6, 6.07) is 9.00. The Labute approximate surface area is 202 Å². The molecule has 4 heterocycles. The number of fused-ring (bicyclic) bond motifs is 1. The van der Waals surface area contributed by atoms with Crippen LogP contribution in [0.25, 0.3) is 22.3 Å². The van der Waals surface area contributed by atoms with Crippen LogP contribution < -0.4 is 0 Å². The molecule has 0 amide bonds. The van der Waals surface area contributed by atoms with Gasteiger partial charge < -0.3 is 4.74 Å². The molecule has 6 rings (SSSR count). The second-order valence-corrected chi connectivity index (χ2v) is 9.90. The molecule has 1 saturated heterocycles. The van der Waals surface area contributed by atoms with Crippen molar-refractivity contribution in [2.24, 2.45) is 0 Å². The number of aromatic nitrogens is 5. The molecule has 0 spiro atoms. The first kappa shape index (κ1) is 21.6. The number of hydrogen-bond donors (Lipinski definition) is 0. The lowest BCUT2D eigenvalue weighted by Crippen LogP contribution is -2.26. The van der Waals surface area contributed by atoms with Gasteiger partial charge in [0.15, 0.2) is 5.65 Å². The van der Waals surface area contributed by atoms with Crippen LogP contribution in [0.15, 0.2) is 42.7 Å². The first-order valence-corrected chi connectivity index (χ1v) is 12.1. The van der Waals surface area contributed by atoms with E-state index >= 15 is 0 Å². The van der Waals surface area contributed by atoms with E-state index in [1.807, 2.05) is 29.9 Å². The predicted octanol–water partition coefficient (Wildman–Crippen LogP) is 6.35. The SMILES string of the molecule is Cc1ccc2c(-c3ccc(Cl)cc3F)nc([C@@H]3C[C@@H](C)O[C@H](c4cnn(C5CC5)c4)C3)nc2n1. The van der Waals surface area contributed by atoms with Gasteiger partial charge in [0, 0.05) is 39.3 Å². The highest BCUT2D eigenvalue weighted by Gasteiger charge is 2.33. The highest BCUT2D eigenvalue weighted by Crippen LogP contribution is 2.41. The fraction of sp³-hybridized carbons (Fsp3) is 0.385. The Morgan fingerprint density at radius 1 is 1.09 bits per heavy atom. The predicted molar refractivity (Wildman–Crippen MR) is 128 cm³/mol. The molecule has 1 saturated carbocycles. The molecule has 0 radical (unpaired) electrons. The second-order valence-electron chi connectivity index (χ2n) is 9.47. The summed E-state index contributed by atoms with van der Waals surface area (Å²) >= 11 is 6.01. The molecule has 6 nitrogen and oxygen atoms in total. The summed E-state index contributed by atoms with van der Waals surface area (Å²) in [4.78, 5) is 14.4. The van der Waals surface area contributed by atoms with Gasteiger partial charge in [0.25, 0.3) is 0 Å². The van der Waals surface area contributed by atoms with E-state index in [2.05, 4.69) is 23.2 Å². The van der Waals surface area contributed by atoms with Crippen LogP contribution in [0.3, 0.4) is 0 Å². The zero-order valence-electron chi connectivity index (χ0n) is 19.1. The van der Waals surface area contributed by atoms with E-state index in [-0.39, 0.29) is 18.1 Å². The Balaban J connectivity index is 1.41. The van der Waals surface area contributed by atoms with Gasteiger partial charge in [0.1, 0.15) is 11.6 Å². The number of ether oxygens (including phenoxy) is 1. The normalized spacial score (nSPS) is 22.9. The number of rotatable bonds is 4. The lowest BCUT2D eigenvalue weighted by molar-refractivity contribution is -0.0511. The summed E-state index contributed by atoms with van der Waals surface area (Å²) in [6.07, 6.45) is 7.88. The van der Waals surface area contributed by atoms with Gasteiger partial charge in [0.2, 0.25) is 0 Å². The summed E-state index contributed by atoms with van der Waals surface area (Å²) in [5.74, 6) is 0.313. The molecule has 0 bridgehead atoms. The van der Waals surface area contributed by atoms with Crippen molar-refractivity contribution in [3.05, 3.63) is 70.6 Å². The van der Waals surface area contributed by atoms with Gasteiger partial charge in [-0.1, -0.05) is 11.6 Å². The monoisotopic (exact) mass is 477 g/mol. The number of halogens is 2. The van der Waals surface area contributed by atoms with Crippen molar-refractivity contribution in [1.82, 2.24) is 24.7 Å². The first-order chi connectivity index (χ1) is 16.4. The Kier molecular flexibility index (Phi) is 5.34. The van der Waals surface area contributed by atoms with Crippen molar-refractivity contribution in [3.8, 4) is 11.3 Å². The number of nitrogens with zero attached hydrogens (tertiary/aromatic N) is 5. The van der Waals surface area contributed by atoms with Crippen molar-refractivity contribution >= 4 is 22.6 Å². The van der Waals surface area contributed by atoms with Crippen LogP contribution in [-0.2, 0) is 4.74 Å². The topological polar surface area (TPSA) is 65.7 Å². The Hall–Kier alpha value is -2.90. The number of pyridine rings is 1. The van der Waals surface area contributed by atoms with Crippen molar-refractivity contribution in [2.75, 3.05) is 0 Å². The summed E-state index contributed by atoms with van der Waals surface area (Å²) in [5.41, 5.74) is 3.45. The Morgan fingerprint density at radius 3 is 2.74 bits per heavy atom. The summed E-state index contributed by atoms with van der Waals surface area (Å²) in [5, 5.41) is 5.61. The molecule has 174 valence electrons. The highest BCUT2D eigenvalue weighted by atomic mass is 35.5. The fourth-order valence-electron chi connectivity index (χ4n) is 4.82. The van der Waals surface area contributed by atoms with Gasteiger partial charge in [-0.3, -0.25) is 4.68 Å². The molecule has 0 N–H and O–H groups in total. The minimum Gasteiger partial charge on any atom is -0.370 e. The number of aryl methyl sites for hydroxylation is 1. The van der Waals surface area contributed by atoms with Crippen LogP contribution in [0.1, 0.15) is 67.8 Å². The molecule has 3 atom stereocenters. The van der Waals surface area contributed by atoms with E-state index in [1.165, 1.54) is 18.9 Å². The maximum absolute atomic E-state index is 14.9. The van der Waals surface area contributed by atoms with Gasteiger partial charge >= 0.3 is 0 Å². The van der Waals surface area contributed by atoms with Crippen LogP contribution >= 0.6 is 11.6 Å². The lowest BCUT2D eigenvalue weighted by atomic mass is 9.89. The molecule has 1 aliphatic heterocycles. The summed E-state index contributed by atoms with van der Waals surface area (Å²) in [7, 11) is 0. The van der Waals surface area contributed by atoms with Crippen LogP contribution in [-0.4, -0.2) is 30.8 Å². The molecular formula is C26H25ClFN5O. The minimum atomic E-state index is -0.412. The number of hydrogen-bond acceptors (Lipinski definition) is 5. The summed E-state index contributed by atoms with van der Waals surface area (Å²) in [6.45, 7) is 4.00. The Morgan fingerprint density at radius 2 is 1.94 bits per heavy atom. The first-order valence-electron chi connectivity index (χ1n) is 11.7. The van der Waals surface area contributed by atoms with Gasteiger partial charge in [0.05, 0.1) is 30.1 Å². The summed E-state index contributed by atoms with van der Waals surface area (Å²) < 4.78 is 23.3. The third-order valence-corrected chi connectivity index (χ3v) is 6.93. The molecule has 1 aliphatic carbocycles.